The molecule has 0 radical (unpaired) electrons. The van der Waals surface area contributed by atoms with E-state index in [4.69, 9.17) is 42.1 Å². The zero-order valence-corrected chi connectivity index (χ0v) is 70.5. The molecule has 10 aliphatic rings. The van der Waals surface area contributed by atoms with Crippen LogP contribution >= 0.6 is 24.0 Å². The van der Waals surface area contributed by atoms with Gasteiger partial charge in [-0.3, -0.25) is 18.7 Å². The summed E-state index contributed by atoms with van der Waals surface area (Å²) in [6, 6.07) is 11.9. The van der Waals surface area contributed by atoms with E-state index in [-0.39, 0.29) is 95.3 Å². The molecule has 6 saturated carbocycles. The second-order valence-electron chi connectivity index (χ2n) is 35.9. The zero-order chi connectivity index (χ0) is 79.7. The molecule has 14 N–H and O–H groups in total. The number of rotatable bonds is 17. The van der Waals surface area contributed by atoms with Crippen molar-refractivity contribution < 1.29 is 53.1 Å². The molecule has 0 bridgehead atoms. The van der Waals surface area contributed by atoms with Crippen molar-refractivity contribution in [3.8, 4) is 0 Å². The first-order valence-electron chi connectivity index (χ1n) is 40.1. The summed E-state index contributed by atoms with van der Waals surface area (Å²) in [5.41, 5.74) is 14.9. The van der Waals surface area contributed by atoms with E-state index in [1.54, 1.807) is 14.7 Å². The fourth-order valence-electron chi connectivity index (χ4n) is 14.3. The summed E-state index contributed by atoms with van der Waals surface area (Å²) in [6.07, 6.45) is 20.4. The third kappa shape index (κ3) is 23.4. The van der Waals surface area contributed by atoms with E-state index >= 15 is 0 Å². The Hall–Kier alpha value is -6.52. The van der Waals surface area contributed by atoms with Gasteiger partial charge >= 0.3 is 18.2 Å². The van der Waals surface area contributed by atoms with Gasteiger partial charge in [-0.25, -0.2) is 18.8 Å². The highest BCUT2D eigenvalue weighted by Crippen LogP contribution is 2.42. The van der Waals surface area contributed by atoms with Crippen LogP contribution in [0.5, 0.6) is 0 Å². The van der Waals surface area contributed by atoms with Crippen molar-refractivity contribution in [2.75, 3.05) is 85.8 Å². The number of aromatic nitrogens is 8. The van der Waals surface area contributed by atoms with Crippen LogP contribution in [0.15, 0.2) is 42.5 Å². The van der Waals surface area contributed by atoms with Gasteiger partial charge < -0.3 is 92.4 Å². The lowest BCUT2D eigenvalue weighted by atomic mass is 9.75. The van der Waals surface area contributed by atoms with E-state index < -0.39 is 25.3 Å². The molecular weight excluding hydrogens is 1480 g/mol. The Bertz CT molecular complexity index is 3720. The first-order chi connectivity index (χ1) is 51.8. The molecule has 0 spiro atoms. The Morgan fingerprint density at radius 2 is 0.901 bits per heavy atom. The Balaban J connectivity index is 0.000000158. The standard InChI is InChI=1S/C18H21ClFN5O2.C17H28N4O2.C16H26N4O3.C11H18N4O.C11H25NOSi.C5H11NO.ClH/c19-14-8-12(2-3-15(14)20)21-17(27)24-6-7-25-13(10-24)9-16(23-25)22-18(11-26)4-1-5-18;1-5-17(7-6-8-17)18-14-11-13-12-20(9-10-21(13)19-14)15(22)23-16(2,3)4;1-15(2,3)23-14(22)19-7-8-20-12(10-19)9-13(18-20)17-16(11-21)5-4-6-16;16-8-11(2-1-3-11)13-10-6-9-7-12-4-5-15(9)14-10;1-10(2,3)14(4,5)13-9-11(12)7-6-8-11;6-5(4-7)2-1-3-5;/h2-3,8-9,26H,1,4-7,10-11H2,(H,21,27)(H,22,23);11H,5-10,12H2,1-4H3,(H,18,19);9,21H,4-8,10-11H2,1-3H3,(H,17,18);6,12,16H,1-5,7-8H2,(H,13,14);6-9,12H2,1-5H3;7H,1-4,6H2;1H. The van der Waals surface area contributed by atoms with Crippen molar-refractivity contribution >= 4 is 79.5 Å². The van der Waals surface area contributed by atoms with E-state index in [2.05, 4.69) is 105 Å². The molecule has 0 atom stereocenters. The van der Waals surface area contributed by atoms with E-state index in [0.29, 0.717) is 63.1 Å². The predicted octanol–water partition coefficient (Wildman–Crippen LogP) is 11.9. The van der Waals surface area contributed by atoms with Crippen molar-refractivity contribution in [1.82, 2.24) is 59.1 Å². The summed E-state index contributed by atoms with van der Waals surface area (Å²) in [5, 5.41) is 75.4. The van der Waals surface area contributed by atoms with Gasteiger partial charge in [0, 0.05) is 79.3 Å². The Morgan fingerprint density at radius 1 is 0.532 bits per heavy atom. The van der Waals surface area contributed by atoms with Gasteiger partial charge in [-0.1, -0.05) is 39.3 Å². The fraction of sp³-hybridized carbons (Fsp3) is 0.731. The van der Waals surface area contributed by atoms with Gasteiger partial charge in [-0.05, 0) is 200 Å². The largest absolute Gasteiger partial charge is 0.444 e. The van der Waals surface area contributed by atoms with Gasteiger partial charge in [0.1, 0.15) is 40.3 Å². The van der Waals surface area contributed by atoms with Crippen LogP contribution in [0, 0.1) is 5.82 Å². The molecular formula is C78H130Cl2FN19O10Si. The molecule has 15 rings (SSSR count). The van der Waals surface area contributed by atoms with Crippen LogP contribution in [-0.2, 0) is 66.3 Å². The molecule has 0 unspecified atom stereocenters. The summed E-state index contributed by atoms with van der Waals surface area (Å²) in [6.45, 7) is 34.2. The number of anilines is 5. The average Bonchev–Trinajstić information content (AvgIpc) is 1.69. The summed E-state index contributed by atoms with van der Waals surface area (Å²) < 4.78 is 38.1. The molecule has 4 aliphatic heterocycles. The van der Waals surface area contributed by atoms with Crippen LogP contribution < -0.4 is 43.4 Å². The summed E-state index contributed by atoms with van der Waals surface area (Å²) in [7, 11) is -1.58. The van der Waals surface area contributed by atoms with E-state index in [1.807, 2.05) is 72.4 Å². The molecule has 622 valence electrons. The molecule has 1 aromatic carbocycles. The van der Waals surface area contributed by atoms with E-state index in [9.17, 15) is 34.1 Å². The average molecular weight is 1610 g/mol. The number of aliphatic hydroxyl groups excluding tert-OH is 4. The van der Waals surface area contributed by atoms with Crippen LogP contribution in [0.1, 0.15) is 214 Å². The lowest BCUT2D eigenvalue weighted by Crippen LogP contribution is -2.54. The number of nitrogens with one attached hydrogen (secondary N) is 6. The lowest BCUT2D eigenvalue weighted by molar-refractivity contribution is 0.0184. The number of urea groups is 1. The number of ether oxygens (including phenoxy) is 2. The Labute approximate surface area is 667 Å². The highest BCUT2D eigenvalue weighted by Gasteiger charge is 2.44. The van der Waals surface area contributed by atoms with Gasteiger partial charge in [-0.2, -0.15) is 20.4 Å². The number of fused-ring (bicyclic) bond motifs is 4. The highest BCUT2D eigenvalue weighted by molar-refractivity contribution is 6.74. The zero-order valence-electron chi connectivity index (χ0n) is 68.0. The van der Waals surface area contributed by atoms with E-state index in [0.717, 1.165) is 157 Å². The quantitative estimate of drug-likeness (QED) is 0.0385. The maximum Gasteiger partial charge on any atom is 0.410 e. The monoisotopic (exact) mass is 1610 g/mol. The number of halogens is 3. The minimum Gasteiger partial charge on any atom is -0.444 e. The predicted molar refractivity (Wildman–Crippen MR) is 436 cm³/mol. The number of amides is 4. The summed E-state index contributed by atoms with van der Waals surface area (Å²) in [5.74, 6) is 2.83. The smallest absolute Gasteiger partial charge is 0.410 e. The van der Waals surface area contributed by atoms with Gasteiger partial charge in [0.2, 0.25) is 0 Å². The second-order valence-corrected chi connectivity index (χ2v) is 41.2. The van der Waals surface area contributed by atoms with Gasteiger partial charge in [0.05, 0.1) is 123 Å². The molecule has 8 heterocycles. The van der Waals surface area contributed by atoms with Crippen LogP contribution in [0.4, 0.5) is 47.7 Å². The first-order valence-corrected chi connectivity index (χ1v) is 43.3. The molecule has 6 aliphatic carbocycles. The molecule has 29 nitrogen and oxygen atoms in total. The van der Waals surface area contributed by atoms with Crippen LogP contribution in [-0.4, -0.2) is 204 Å². The number of benzene rings is 1. The molecule has 33 heteroatoms. The Kier molecular flexibility index (Phi) is 29.1. The van der Waals surface area contributed by atoms with Crippen molar-refractivity contribution in [1.29, 1.82) is 0 Å². The normalized spacial score (nSPS) is 20.2. The van der Waals surface area contributed by atoms with Gasteiger partial charge in [-0.15, -0.1) is 12.4 Å². The van der Waals surface area contributed by atoms with Crippen molar-refractivity contribution in [2.24, 2.45) is 11.5 Å². The molecule has 4 aromatic heterocycles. The van der Waals surface area contributed by atoms with Crippen molar-refractivity contribution in [2.45, 2.75) is 306 Å². The van der Waals surface area contributed by atoms with Crippen LogP contribution in [0.3, 0.4) is 0 Å². The van der Waals surface area contributed by atoms with Gasteiger partial charge in [0.15, 0.2) is 8.32 Å². The minimum atomic E-state index is -1.58. The lowest BCUT2D eigenvalue weighted by Gasteiger charge is -2.43. The third-order valence-electron chi connectivity index (χ3n) is 23.8. The number of hydrogen-bond donors (Lipinski definition) is 12. The fourth-order valence-corrected chi connectivity index (χ4v) is 15.6. The topological polar surface area (TPSA) is 365 Å². The maximum atomic E-state index is 13.2. The SMILES string of the molecule is CC(C)(C)OC(=O)N1CCn2nc(NC3(CO)CCC3)cc2C1.CC(C)(C)[Si](C)(C)OCC1(N)CCC1.CCC1(Nc2cc3n(n2)CCN(C(=O)OC(C)(C)C)C3)CCC1.Cl.NC1(CO)CCC1.O=C(Nc1ccc(F)c(Cl)c1)N1CCn2nc(NC3(CO)CCC3)cc2C1.OCC1(Nc2cc3n(n2)CCNC3)CCC1. The number of nitrogens with two attached hydrogens (primary N) is 2. The first kappa shape index (κ1) is 88.4. The number of nitrogens with zero attached hydrogens (tertiary/aromatic N) is 11. The maximum absolute atomic E-state index is 13.2. The molecule has 4 amide bonds. The molecule has 0 saturated heterocycles. The third-order valence-corrected chi connectivity index (χ3v) is 28.5. The summed E-state index contributed by atoms with van der Waals surface area (Å²) >= 11 is 5.76. The van der Waals surface area contributed by atoms with Crippen molar-refractivity contribution in [3.05, 3.63) is 76.1 Å². The van der Waals surface area contributed by atoms with Crippen molar-refractivity contribution in [3.63, 3.8) is 0 Å². The molecule has 6 fully saturated rings. The summed E-state index contributed by atoms with van der Waals surface area (Å²) in [4.78, 5) is 42.0. The second kappa shape index (κ2) is 36.5. The van der Waals surface area contributed by atoms with Gasteiger partial charge in [0.25, 0.3) is 0 Å². The number of aliphatic hydroxyl groups is 4. The number of carbonyl (C=O) groups is 3. The Morgan fingerprint density at radius 3 is 1.22 bits per heavy atom. The van der Waals surface area contributed by atoms with E-state index in [1.165, 1.54) is 62.4 Å². The number of carbonyl (C=O) groups excluding carboxylic acids is 3. The molecule has 111 heavy (non-hydrogen) atoms. The van der Waals surface area contributed by atoms with Crippen LogP contribution in [0.2, 0.25) is 23.2 Å². The van der Waals surface area contributed by atoms with Crippen LogP contribution in [0.25, 0.3) is 0 Å². The molecule has 5 aromatic rings. The minimum absolute atomic E-state index is 0. The number of hydrogen-bond acceptors (Lipinski definition) is 21. The highest BCUT2D eigenvalue weighted by atomic mass is 35.5.